The Balaban J connectivity index is 1.48. The molecule has 10 heteroatoms. The van der Waals surface area contributed by atoms with Gasteiger partial charge in [0.2, 0.25) is 0 Å². The molecule has 3 aromatic carbocycles. The normalized spacial score (nSPS) is 14.1. The minimum atomic E-state index is -3.89. The summed E-state index contributed by atoms with van der Waals surface area (Å²) < 4.78 is 29.5. The molecule has 4 aromatic rings. The molecule has 1 aromatic heterocycles. The molecule has 1 fully saturated rings. The van der Waals surface area contributed by atoms with Crippen LogP contribution in [0.15, 0.2) is 72.9 Å². The molecule has 0 aliphatic carbocycles. The van der Waals surface area contributed by atoms with E-state index in [0.29, 0.717) is 27.8 Å². The van der Waals surface area contributed by atoms with Crippen LogP contribution in [0, 0.1) is 11.8 Å². The zero-order valence-corrected chi connectivity index (χ0v) is 24.0. The van der Waals surface area contributed by atoms with Crippen molar-refractivity contribution in [3.63, 3.8) is 0 Å². The molecule has 40 heavy (non-hydrogen) atoms. The summed E-state index contributed by atoms with van der Waals surface area (Å²) in [7, 11) is -3.89. The van der Waals surface area contributed by atoms with E-state index < -0.39 is 16.1 Å². The number of nitrogens with zero attached hydrogens (tertiary/aromatic N) is 3. The van der Waals surface area contributed by atoms with E-state index in [1.54, 1.807) is 36.4 Å². The van der Waals surface area contributed by atoms with Gasteiger partial charge < -0.3 is 4.57 Å². The molecule has 1 aliphatic rings. The predicted octanol–water partition coefficient (Wildman–Crippen LogP) is 6.16. The number of halogens is 2. The quantitative estimate of drug-likeness (QED) is 0.206. The average Bonchev–Trinajstić information content (AvgIpc) is 3.46. The Morgan fingerprint density at radius 1 is 1.00 bits per heavy atom. The summed E-state index contributed by atoms with van der Waals surface area (Å²) in [4.78, 5) is 16.6. The highest BCUT2D eigenvalue weighted by Crippen LogP contribution is 2.32. The number of carbonyl (C=O) groups excluding carboxylic acids is 1. The number of anilines is 1. The van der Waals surface area contributed by atoms with Crippen molar-refractivity contribution in [1.82, 2.24) is 14.3 Å². The Labute approximate surface area is 243 Å². The van der Waals surface area contributed by atoms with Crippen LogP contribution in [0.3, 0.4) is 0 Å². The Kier molecular flexibility index (Phi) is 8.17. The molecule has 0 unspecified atom stereocenters. The van der Waals surface area contributed by atoms with Crippen LogP contribution in [0.4, 0.5) is 5.69 Å². The number of unbranched alkanes of at least 4 members (excludes halogenated alkanes) is 2. The Morgan fingerprint density at radius 2 is 1.73 bits per heavy atom. The average molecular weight is 594 g/mol. The van der Waals surface area contributed by atoms with Gasteiger partial charge in [-0.05, 0) is 66.6 Å². The van der Waals surface area contributed by atoms with Gasteiger partial charge >= 0.3 is 10.2 Å². The second-order valence-electron chi connectivity index (χ2n) is 9.37. The number of benzene rings is 3. The highest BCUT2D eigenvalue weighted by Gasteiger charge is 2.33. The monoisotopic (exact) mass is 592 g/mol. The maximum Gasteiger partial charge on any atom is 0.326 e. The summed E-state index contributed by atoms with van der Waals surface area (Å²) in [6.07, 6.45) is 5.54. The molecule has 7 nitrogen and oxygen atoms in total. The lowest BCUT2D eigenvalue weighted by atomic mass is 10.1. The fraction of sp³-hybridized carbons (Fsp3) is 0.200. The van der Waals surface area contributed by atoms with Crippen LogP contribution in [-0.2, 0) is 21.4 Å². The SMILES string of the molecule is CCCCC#Cc1ccc(Cc2nc(-c3ccc(Cl)cc3Cl)cn2-c2ccc(N3CC(=O)NS3(=O)=O)cc2)cc1. The number of nitrogens with one attached hydrogen (secondary N) is 1. The summed E-state index contributed by atoms with van der Waals surface area (Å²) in [5, 5.41) is 1.02. The molecule has 1 aliphatic heterocycles. The van der Waals surface area contributed by atoms with E-state index >= 15 is 0 Å². The van der Waals surface area contributed by atoms with Crippen molar-refractivity contribution >= 4 is 45.0 Å². The van der Waals surface area contributed by atoms with Gasteiger partial charge in [-0.25, -0.2) is 14.0 Å². The number of carbonyl (C=O) groups is 1. The molecular formula is C30H26Cl2N4O3S. The highest BCUT2D eigenvalue weighted by atomic mass is 35.5. The van der Waals surface area contributed by atoms with Gasteiger partial charge in [0.15, 0.2) is 0 Å². The lowest BCUT2D eigenvalue weighted by Crippen LogP contribution is -2.29. The fourth-order valence-electron chi connectivity index (χ4n) is 4.37. The Bertz CT molecular complexity index is 1720. The van der Waals surface area contributed by atoms with Crippen LogP contribution in [0.25, 0.3) is 16.9 Å². The van der Waals surface area contributed by atoms with Gasteiger partial charge in [0, 0.05) is 40.9 Å². The Hall–Kier alpha value is -3.77. The summed E-state index contributed by atoms with van der Waals surface area (Å²) >= 11 is 12.6. The fourth-order valence-corrected chi connectivity index (χ4v) is 6.02. The van der Waals surface area contributed by atoms with E-state index in [1.165, 1.54) is 0 Å². The van der Waals surface area contributed by atoms with Crippen LogP contribution in [-0.4, -0.2) is 30.4 Å². The van der Waals surface area contributed by atoms with Crippen LogP contribution in [0.5, 0.6) is 0 Å². The van der Waals surface area contributed by atoms with Gasteiger partial charge in [0.1, 0.15) is 12.4 Å². The van der Waals surface area contributed by atoms with Crippen LogP contribution >= 0.6 is 23.2 Å². The first kappa shape index (κ1) is 27.8. The molecule has 204 valence electrons. The molecule has 1 N–H and O–H groups in total. The van der Waals surface area contributed by atoms with Gasteiger partial charge in [-0.1, -0.05) is 60.5 Å². The van der Waals surface area contributed by atoms with Crippen LogP contribution < -0.4 is 9.03 Å². The Morgan fingerprint density at radius 3 is 2.38 bits per heavy atom. The second kappa shape index (κ2) is 11.8. The minimum absolute atomic E-state index is 0.254. The lowest BCUT2D eigenvalue weighted by Gasteiger charge is -2.15. The van der Waals surface area contributed by atoms with Crippen molar-refractivity contribution < 1.29 is 13.2 Å². The molecule has 0 saturated carbocycles. The van der Waals surface area contributed by atoms with E-state index in [1.807, 2.05) is 45.8 Å². The number of hydrogen-bond donors (Lipinski definition) is 1. The van der Waals surface area contributed by atoms with E-state index in [-0.39, 0.29) is 6.54 Å². The van der Waals surface area contributed by atoms with Gasteiger partial charge in [-0.2, -0.15) is 8.42 Å². The van der Waals surface area contributed by atoms with E-state index in [9.17, 15) is 13.2 Å². The standard InChI is InChI=1S/C30H26Cl2N4O3S/c1-2-3-4-5-6-21-7-9-22(10-8-21)17-29-33-28(26-16-11-23(31)18-27(26)32)19-35(29)24-12-14-25(15-13-24)36-20-30(37)34-40(36,38)39/h7-16,18-19H,2-4,17,20H2,1H3,(H,34,37). The third kappa shape index (κ3) is 6.18. The van der Waals surface area contributed by atoms with Gasteiger partial charge in [-0.3, -0.25) is 4.79 Å². The predicted molar refractivity (Wildman–Crippen MR) is 159 cm³/mol. The highest BCUT2D eigenvalue weighted by molar-refractivity contribution is 7.92. The van der Waals surface area contributed by atoms with E-state index in [4.69, 9.17) is 28.2 Å². The lowest BCUT2D eigenvalue weighted by molar-refractivity contribution is -0.117. The van der Waals surface area contributed by atoms with Gasteiger partial charge in [0.25, 0.3) is 5.91 Å². The molecule has 0 spiro atoms. The topological polar surface area (TPSA) is 84.3 Å². The van der Waals surface area contributed by atoms with Crippen molar-refractivity contribution in [1.29, 1.82) is 0 Å². The maximum atomic E-state index is 12.3. The van der Waals surface area contributed by atoms with Crippen molar-refractivity contribution in [2.24, 2.45) is 0 Å². The number of amides is 1. The third-order valence-electron chi connectivity index (χ3n) is 6.43. The molecule has 0 radical (unpaired) electrons. The minimum Gasteiger partial charge on any atom is -0.303 e. The maximum absolute atomic E-state index is 12.3. The first-order chi connectivity index (χ1) is 19.2. The summed E-state index contributed by atoms with van der Waals surface area (Å²) in [5.74, 6) is 6.62. The van der Waals surface area contributed by atoms with E-state index in [0.717, 1.165) is 51.8 Å². The summed E-state index contributed by atoms with van der Waals surface area (Å²) in [5.41, 5.74) is 4.61. The number of imidazole rings is 1. The van der Waals surface area contributed by atoms with Crippen LogP contribution in [0.1, 0.15) is 43.1 Å². The molecule has 0 atom stereocenters. The second-order valence-corrected chi connectivity index (χ2v) is 11.8. The van der Waals surface area contributed by atoms with Crippen molar-refractivity contribution in [2.75, 3.05) is 10.8 Å². The number of rotatable bonds is 7. The smallest absolute Gasteiger partial charge is 0.303 e. The zero-order chi connectivity index (χ0) is 28.3. The molecular weight excluding hydrogens is 567 g/mol. The molecule has 2 heterocycles. The van der Waals surface area contributed by atoms with E-state index in [2.05, 4.69) is 18.8 Å². The van der Waals surface area contributed by atoms with Crippen molar-refractivity contribution in [2.45, 2.75) is 32.6 Å². The largest absolute Gasteiger partial charge is 0.326 e. The summed E-state index contributed by atoms with van der Waals surface area (Å²) in [6, 6.07) is 20.3. The van der Waals surface area contributed by atoms with Crippen LogP contribution in [0.2, 0.25) is 10.0 Å². The summed E-state index contributed by atoms with van der Waals surface area (Å²) in [6.45, 7) is 1.90. The van der Waals surface area contributed by atoms with Gasteiger partial charge in [-0.15, -0.1) is 0 Å². The number of aromatic nitrogens is 2. The van der Waals surface area contributed by atoms with Gasteiger partial charge in [0.05, 0.1) is 16.4 Å². The first-order valence-corrected chi connectivity index (χ1v) is 15.0. The molecule has 1 saturated heterocycles. The molecule has 5 rings (SSSR count). The molecule has 1 amide bonds. The first-order valence-electron chi connectivity index (χ1n) is 12.8. The zero-order valence-electron chi connectivity index (χ0n) is 21.7. The van der Waals surface area contributed by atoms with Crippen molar-refractivity contribution in [3.8, 4) is 28.8 Å². The third-order valence-corrected chi connectivity index (χ3v) is 8.38. The number of hydrogen-bond acceptors (Lipinski definition) is 4. The van der Waals surface area contributed by atoms with Crippen molar-refractivity contribution in [3.05, 3.63) is 99.9 Å². The molecule has 0 bridgehead atoms.